The molecule has 0 aliphatic rings. The Labute approximate surface area is 78.9 Å². The quantitative estimate of drug-likeness (QED) is 0.499. The monoisotopic (exact) mass is 196 g/mol. The Hall–Kier alpha value is -2.11. The van der Waals surface area contributed by atoms with E-state index in [1.807, 2.05) is 0 Å². The van der Waals surface area contributed by atoms with E-state index in [1.165, 1.54) is 19.2 Å². The summed E-state index contributed by atoms with van der Waals surface area (Å²) in [5.74, 6) is -1.45. The Morgan fingerprint density at radius 3 is 2.57 bits per heavy atom. The third-order valence-corrected chi connectivity index (χ3v) is 1.61. The molecule has 0 atom stereocenters. The molecule has 0 aliphatic heterocycles. The Bertz CT molecular complexity index is 387. The first-order chi connectivity index (χ1) is 6.56. The van der Waals surface area contributed by atoms with Crippen molar-refractivity contribution in [2.45, 2.75) is 0 Å². The van der Waals surface area contributed by atoms with Gasteiger partial charge in [-0.1, -0.05) is 0 Å². The zero-order valence-corrected chi connectivity index (χ0v) is 7.22. The summed E-state index contributed by atoms with van der Waals surface area (Å²) in [6.45, 7) is 0. The molecule has 6 heteroatoms. The molecule has 0 saturated heterocycles. The first-order valence-corrected chi connectivity index (χ1v) is 3.60. The van der Waals surface area contributed by atoms with Crippen LogP contribution >= 0.6 is 0 Å². The van der Waals surface area contributed by atoms with Crippen LogP contribution in [0.2, 0.25) is 0 Å². The van der Waals surface area contributed by atoms with Gasteiger partial charge in [0, 0.05) is 11.6 Å². The first-order valence-electron chi connectivity index (χ1n) is 3.60. The molecule has 1 aromatic rings. The molecule has 6 nitrogen and oxygen atoms in total. The minimum atomic E-state index is -1.46. The fourth-order valence-corrected chi connectivity index (χ4v) is 0.960. The van der Waals surface area contributed by atoms with Crippen LogP contribution in [0.4, 0.5) is 5.69 Å². The van der Waals surface area contributed by atoms with E-state index in [4.69, 9.17) is 0 Å². The molecule has 0 fully saturated rings. The van der Waals surface area contributed by atoms with Crippen LogP contribution in [-0.4, -0.2) is 18.0 Å². The first kappa shape index (κ1) is 9.97. The van der Waals surface area contributed by atoms with Crippen molar-refractivity contribution in [2.75, 3.05) is 7.11 Å². The van der Waals surface area contributed by atoms with Crippen LogP contribution in [0.1, 0.15) is 10.4 Å². The van der Waals surface area contributed by atoms with E-state index in [0.29, 0.717) is 0 Å². The van der Waals surface area contributed by atoms with E-state index in [1.54, 1.807) is 0 Å². The maximum absolute atomic E-state index is 10.5. The Morgan fingerprint density at radius 2 is 2.14 bits per heavy atom. The molecule has 1 rings (SSSR count). The van der Waals surface area contributed by atoms with E-state index in [-0.39, 0.29) is 11.3 Å². The highest BCUT2D eigenvalue weighted by molar-refractivity contribution is 5.87. The number of ether oxygens (including phenoxy) is 1. The van der Waals surface area contributed by atoms with Gasteiger partial charge in [-0.05, 0) is 12.1 Å². The lowest BCUT2D eigenvalue weighted by molar-refractivity contribution is -0.385. The number of carboxylic acids is 1. The average Bonchev–Trinajstić information content (AvgIpc) is 2.16. The van der Waals surface area contributed by atoms with E-state index in [2.05, 4.69) is 4.74 Å². The third kappa shape index (κ3) is 1.79. The molecule has 0 spiro atoms. The standard InChI is InChI=1S/C8H7NO5/c1-14-7-3-2-5(8(10)11)4-6(7)9(12)13/h2-4H,1H3,(H,10,11)/p-1. The van der Waals surface area contributed by atoms with Gasteiger partial charge in [-0.15, -0.1) is 0 Å². The molecule has 0 N–H and O–H groups in total. The van der Waals surface area contributed by atoms with Crippen molar-refractivity contribution in [2.24, 2.45) is 0 Å². The molecule has 0 unspecified atom stereocenters. The summed E-state index contributed by atoms with van der Waals surface area (Å²) in [6, 6.07) is 3.29. The predicted molar refractivity (Wildman–Crippen MR) is 44.0 cm³/mol. The van der Waals surface area contributed by atoms with Gasteiger partial charge in [0.25, 0.3) is 0 Å². The zero-order valence-electron chi connectivity index (χ0n) is 7.22. The summed E-state index contributed by atoms with van der Waals surface area (Å²) in [7, 11) is 1.26. The van der Waals surface area contributed by atoms with Crippen LogP contribution in [0.15, 0.2) is 18.2 Å². The Balaban J connectivity index is 3.27. The third-order valence-electron chi connectivity index (χ3n) is 1.61. The van der Waals surface area contributed by atoms with Crippen LogP contribution < -0.4 is 9.84 Å². The van der Waals surface area contributed by atoms with Crippen molar-refractivity contribution in [1.82, 2.24) is 0 Å². The van der Waals surface area contributed by atoms with Gasteiger partial charge in [0.2, 0.25) is 0 Å². The smallest absolute Gasteiger partial charge is 0.311 e. The van der Waals surface area contributed by atoms with Crippen molar-refractivity contribution in [1.29, 1.82) is 0 Å². The fraction of sp³-hybridized carbons (Fsp3) is 0.125. The molecule has 14 heavy (non-hydrogen) atoms. The number of carboxylic acid groups (broad SMARTS) is 1. The van der Waals surface area contributed by atoms with E-state index in [0.717, 1.165) is 6.07 Å². The van der Waals surface area contributed by atoms with Gasteiger partial charge in [0.15, 0.2) is 5.75 Å². The van der Waals surface area contributed by atoms with Crippen molar-refractivity contribution in [3.05, 3.63) is 33.9 Å². The second-order valence-electron chi connectivity index (χ2n) is 2.43. The summed E-state index contributed by atoms with van der Waals surface area (Å²) in [4.78, 5) is 20.2. The molecule has 0 aliphatic carbocycles. The van der Waals surface area contributed by atoms with Gasteiger partial charge in [-0.25, -0.2) is 0 Å². The number of nitrogens with zero attached hydrogens (tertiary/aromatic N) is 1. The highest BCUT2D eigenvalue weighted by Crippen LogP contribution is 2.27. The number of carbonyl (C=O) groups excluding carboxylic acids is 1. The van der Waals surface area contributed by atoms with Crippen LogP contribution in [-0.2, 0) is 0 Å². The molecule has 1 aromatic carbocycles. The van der Waals surface area contributed by atoms with Gasteiger partial charge in [0.1, 0.15) is 0 Å². The SMILES string of the molecule is COc1ccc(C(=O)[O-])cc1[N+](=O)[O-]. The molecule has 0 radical (unpaired) electrons. The van der Waals surface area contributed by atoms with Gasteiger partial charge < -0.3 is 14.6 Å². The second-order valence-corrected chi connectivity index (χ2v) is 2.43. The molecule has 74 valence electrons. The lowest BCUT2D eigenvalue weighted by atomic mass is 10.2. The van der Waals surface area contributed by atoms with E-state index < -0.39 is 16.6 Å². The Morgan fingerprint density at radius 1 is 1.50 bits per heavy atom. The lowest BCUT2D eigenvalue weighted by Gasteiger charge is -2.04. The molecule has 0 amide bonds. The molecular weight excluding hydrogens is 190 g/mol. The largest absolute Gasteiger partial charge is 0.545 e. The zero-order chi connectivity index (χ0) is 10.7. The number of hydrogen-bond acceptors (Lipinski definition) is 5. The summed E-state index contributed by atoms with van der Waals surface area (Å²) in [5, 5.41) is 20.9. The van der Waals surface area contributed by atoms with Crippen LogP contribution in [0, 0.1) is 10.1 Å². The van der Waals surface area contributed by atoms with Crippen molar-refractivity contribution >= 4 is 11.7 Å². The molecule has 0 heterocycles. The van der Waals surface area contributed by atoms with Gasteiger partial charge in [0.05, 0.1) is 18.0 Å². The molecular formula is C8H6NO5-. The highest BCUT2D eigenvalue weighted by atomic mass is 16.6. The maximum Gasteiger partial charge on any atom is 0.311 e. The highest BCUT2D eigenvalue weighted by Gasteiger charge is 2.14. The van der Waals surface area contributed by atoms with Crippen LogP contribution in [0.3, 0.4) is 0 Å². The number of nitro benzene ring substituents is 1. The van der Waals surface area contributed by atoms with Gasteiger partial charge in [-0.3, -0.25) is 10.1 Å². The van der Waals surface area contributed by atoms with E-state index in [9.17, 15) is 20.0 Å². The predicted octanol–water partition coefficient (Wildman–Crippen LogP) is -0.0331. The number of aromatic carboxylic acids is 1. The van der Waals surface area contributed by atoms with Gasteiger partial charge in [-0.2, -0.15) is 0 Å². The number of hydrogen-bond donors (Lipinski definition) is 0. The summed E-state index contributed by atoms with van der Waals surface area (Å²) >= 11 is 0. The minimum absolute atomic E-state index is 0.0139. The normalized spacial score (nSPS) is 9.50. The number of nitro groups is 1. The van der Waals surface area contributed by atoms with Crippen LogP contribution in [0.25, 0.3) is 0 Å². The molecule has 0 aromatic heterocycles. The lowest BCUT2D eigenvalue weighted by Crippen LogP contribution is -2.22. The number of rotatable bonds is 3. The van der Waals surface area contributed by atoms with E-state index >= 15 is 0 Å². The summed E-state index contributed by atoms with van der Waals surface area (Å²) < 4.78 is 4.69. The fourth-order valence-electron chi connectivity index (χ4n) is 0.960. The average molecular weight is 196 g/mol. The maximum atomic E-state index is 10.5. The topological polar surface area (TPSA) is 92.5 Å². The number of benzene rings is 1. The molecule has 0 saturated carbocycles. The number of carbonyl (C=O) groups is 1. The van der Waals surface area contributed by atoms with Crippen molar-refractivity contribution in [3.8, 4) is 5.75 Å². The van der Waals surface area contributed by atoms with Crippen molar-refractivity contribution in [3.63, 3.8) is 0 Å². The van der Waals surface area contributed by atoms with Crippen molar-refractivity contribution < 1.29 is 19.6 Å². The summed E-state index contributed by atoms with van der Waals surface area (Å²) in [6.07, 6.45) is 0. The summed E-state index contributed by atoms with van der Waals surface area (Å²) in [5.41, 5.74) is -0.647. The number of methoxy groups -OCH3 is 1. The second kappa shape index (κ2) is 3.73. The minimum Gasteiger partial charge on any atom is -0.545 e. The van der Waals surface area contributed by atoms with Crippen LogP contribution in [0.5, 0.6) is 5.75 Å². The molecule has 0 bridgehead atoms. The van der Waals surface area contributed by atoms with Gasteiger partial charge >= 0.3 is 5.69 Å². The Kier molecular flexibility index (Phi) is 2.66.